The van der Waals surface area contributed by atoms with Crippen molar-refractivity contribution in [2.24, 2.45) is 0 Å². The van der Waals surface area contributed by atoms with Crippen molar-refractivity contribution in [2.75, 3.05) is 18.0 Å². The summed E-state index contributed by atoms with van der Waals surface area (Å²) in [5.41, 5.74) is 4.58. The second-order valence-electron chi connectivity index (χ2n) is 9.06. The van der Waals surface area contributed by atoms with Crippen molar-refractivity contribution in [3.63, 3.8) is 0 Å². The Morgan fingerprint density at radius 3 is 2.18 bits per heavy atom. The molecule has 166 valence electrons. The lowest BCUT2D eigenvalue weighted by Crippen LogP contribution is -2.42. The van der Waals surface area contributed by atoms with E-state index < -0.39 is 12.0 Å². The van der Waals surface area contributed by atoms with E-state index in [0.717, 1.165) is 30.5 Å². The van der Waals surface area contributed by atoms with Crippen LogP contribution in [-0.2, 0) is 11.2 Å². The lowest BCUT2D eigenvalue weighted by Gasteiger charge is -2.32. The van der Waals surface area contributed by atoms with Gasteiger partial charge in [-0.3, -0.25) is 4.79 Å². The molecule has 5 rings (SSSR count). The van der Waals surface area contributed by atoms with E-state index in [4.69, 9.17) is 0 Å². The minimum Gasteiger partial charge on any atom is -0.366 e. The van der Waals surface area contributed by atoms with Crippen LogP contribution in [0, 0.1) is 11.3 Å². The first kappa shape index (κ1) is 21.3. The number of hydrogen-bond donors (Lipinski definition) is 0. The number of benzene rings is 3. The van der Waals surface area contributed by atoms with Crippen LogP contribution in [0.3, 0.4) is 0 Å². The number of nitrogens with zero attached hydrogens (tertiary/aromatic N) is 3. The molecule has 2 aliphatic rings. The fourth-order valence-electron chi connectivity index (χ4n) is 5.44. The molecule has 1 amide bonds. The second-order valence-corrected chi connectivity index (χ2v) is 9.06. The maximum Gasteiger partial charge on any atom is 0.235 e. The molecule has 1 saturated heterocycles. The van der Waals surface area contributed by atoms with Crippen molar-refractivity contribution in [2.45, 2.75) is 43.7 Å². The highest BCUT2D eigenvalue weighted by atomic mass is 16.2. The van der Waals surface area contributed by atoms with Crippen molar-refractivity contribution in [1.29, 1.82) is 5.26 Å². The van der Waals surface area contributed by atoms with Crippen LogP contribution >= 0.6 is 0 Å². The average Bonchev–Trinajstić information content (AvgIpc) is 3.18. The fraction of sp³-hybridized carbons (Fsp3) is 0.310. The van der Waals surface area contributed by atoms with E-state index in [1.807, 2.05) is 65.6 Å². The number of carbonyl (C=O) groups is 1. The first-order valence-corrected chi connectivity index (χ1v) is 11.9. The van der Waals surface area contributed by atoms with Gasteiger partial charge in [0.2, 0.25) is 5.91 Å². The molecule has 33 heavy (non-hydrogen) atoms. The largest absolute Gasteiger partial charge is 0.366 e. The summed E-state index contributed by atoms with van der Waals surface area (Å²) in [6.45, 7) is 1.56. The van der Waals surface area contributed by atoms with E-state index in [-0.39, 0.29) is 11.9 Å². The van der Waals surface area contributed by atoms with Gasteiger partial charge in [-0.05, 0) is 42.0 Å². The number of amides is 1. The summed E-state index contributed by atoms with van der Waals surface area (Å²) in [4.78, 5) is 18.3. The summed E-state index contributed by atoms with van der Waals surface area (Å²) < 4.78 is 0. The summed E-state index contributed by atoms with van der Waals surface area (Å²) in [5, 5.41) is 10.0. The van der Waals surface area contributed by atoms with Crippen LogP contribution in [0.15, 0.2) is 84.9 Å². The van der Waals surface area contributed by atoms with Gasteiger partial charge in [-0.2, -0.15) is 5.26 Å². The Hall–Kier alpha value is -3.58. The molecular formula is C29H29N3O. The Morgan fingerprint density at radius 2 is 1.52 bits per heavy atom. The number of rotatable bonds is 4. The van der Waals surface area contributed by atoms with E-state index in [1.54, 1.807) is 0 Å². The molecule has 3 aromatic carbocycles. The summed E-state index contributed by atoms with van der Waals surface area (Å²) in [5.74, 6) is -0.386. The third-order valence-electron chi connectivity index (χ3n) is 7.06. The molecule has 0 saturated carbocycles. The molecule has 2 unspecified atom stereocenters. The third kappa shape index (κ3) is 4.24. The van der Waals surface area contributed by atoms with Gasteiger partial charge in [0.25, 0.3) is 0 Å². The maximum atomic E-state index is 14.0. The predicted molar refractivity (Wildman–Crippen MR) is 131 cm³/mol. The zero-order chi connectivity index (χ0) is 22.6. The third-order valence-corrected chi connectivity index (χ3v) is 7.06. The molecular weight excluding hydrogens is 406 g/mol. The fourth-order valence-corrected chi connectivity index (χ4v) is 5.44. The Balaban J connectivity index is 1.46. The second kappa shape index (κ2) is 9.50. The average molecular weight is 436 g/mol. The molecule has 3 aromatic rings. The summed E-state index contributed by atoms with van der Waals surface area (Å²) in [7, 11) is 0. The van der Waals surface area contributed by atoms with Crippen molar-refractivity contribution >= 4 is 11.6 Å². The highest BCUT2D eigenvalue weighted by Crippen LogP contribution is 2.35. The molecule has 4 heteroatoms. The number of anilines is 1. The number of aryl methyl sites for hydroxylation is 1. The van der Waals surface area contributed by atoms with E-state index >= 15 is 0 Å². The van der Waals surface area contributed by atoms with Gasteiger partial charge in [0.15, 0.2) is 0 Å². The highest BCUT2D eigenvalue weighted by Gasteiger charge is 2.41. The molecule has 2 aliphatic heterocycles. The number of likely N-dealkylation sites (tertiary alicyclic amines) is 1. The Bertz CT molecular complexity index is 1100. The van der Waals surface area contributed by atoms with Crippen molar-refractivity contribution in [3.05, 3.63) is 102 Å². The van der Waals surface area contributed by atoms with Crippen LogP contribution in [0.25, 0.3) is 0 Å². The standard InChI is InChI=1S/C29H29N3O/c30-20-25-19-26(31-18-10-9-12-22-11-7-8-17-27(22)31)21-32(25)29(33)28(23-13-3-1-4-14-23)24-15-5-2-6-16-24/h1-8,11,13-17,25-26,28H,9-10,12,18-19,21H2. The maximum absolute atomic E-state index is 14.0. The molecule has 0 bridgehead atoms. The number of hydrogen-bond acceptors (Lipinski definition) is 3. The molecule has 2 atom stereocenters. The monoisotopic (exact) mass is 435 g/mol. The summed E-state index contributed by atoms with van der Waals surface area (Å²) in [6.07, 6.45) is 4.09. The van der Waals surface area contributed by atoms with Gasteiger partial charge in [-0.15, -0.1) is 0 Å². The Morgan fingerprint density at radius 1 is 0.879 bits per heavy atom. The van der Waals surface area contributed by atoms with E-state index in [2.05, 4.69) is 35.2 Å². The molecule has 0 aliphatic carbocycles. The number of fused-ring (bicyclic) bond motifs is 1. The first-order chi connectivity index (χ1) is 16.3. The summed E-state index contributed by atoms with van der Waals surface area (Å²) >= 11 is 0. The first-order valence-electron chi connectivity index (χ1n) is 11.9. The van der Waals surface area contributed by atoms with Crippen molar-refractivity contribution in [3.8, 4) is 6.07 Å². The number of nitriles is 1. The lowest BCUT2D eigenvalue weighted by atomic mass is 9.90. The molecule has 0 aromatic heterocycles. The van der Waals surface area contributed by atoms with Gasteiger partial charge >= 0.3 is 0 Å². The number of para-hydroxylation sites is 1. The smallest absolute Gasteiger partial charge is 0.235 e. The molecule has 0 spiro atoms. The molecule has 0 N–H and O–H groups in total. The van der Waals surface area contributed by atoms with E-state index in [1.165, 1.54) is 17.7 Å². The van der Waals surface area contributed by atoms with Crippen molar-refractivity contribution in [1.82, 2.24) is 4.90 Å². The van der Waals surface area contributed by atoms with E-state index in [9.17, 15) is 10.1 Å². The van der Waals surface area contributed by atoms with E-state index in [0.29, 0.717) is 13.0 Å². The van der Waals surface area contributed by atoms with Gasteiger partial charge in [0.05, 0.1) is 12.0 Å². The molecule has 4 nitrogen and oxygen atoms in total. The molecule has 1 fully saturated rings. The molecule has 0 radical (unpaired) electrons. The lowest BCUT2D eigenvalue weighted by molar-refractivity contribution is -0.131. The summed E-state index contributed by atoms with van der Waals surface area (Å²) in [6, 6.07) is 30.7. The SMILES string of the molecule is N#CC1CC(N2CCCCc3ccccc32)CN1C(=O)C(c1ccccc1)c1ccccc1. The van der Waals surface area contributed by atoms with Crippen molar-refractivity contribution < 1.29 is 4.79 Å². The zero-order valence-electron chi connectivity index (χ0n) is 18.8. The van der Waals surface area contributed by atoms with Crippen LogP contribution in [0.2, 0.25) is 0 Å². The van der Waals surface area contributed by atoms with Crippen LogP contribution in [0.1, 0.15) is 41.9 Å². The van der Waals surface area contributed by atoms with Gasteiger partial charge < -0.3 is 9.80 Å². The predicted octanol–water partition coefficient (Wildman–Crippen LogP) is 5.15. The normalized spacial score (nSPS) is 20.2. The quantitative estimate of drug-likeness (QED) is 0.569. The Kier molecular flexibility index (Phi) is 6.13. The highest BCUT2D eigenvalue weighted by molar-refractivity contribution is 5.88. The van der Waals surface area contributed by atoms with Gasteiger partial charge in [0, 0.05) is 31.2 Å². The number of carbonyl (C=O) groups excluding carboxylic acids is 1. The molecule has 2 heterocycles. The van der Waals surface area contributed by atoms with Crippen LogP contribution in [0.4, 0.5) is 5.69 Å². The topological polar surface area (TPSA) is 47.3 Å². The minimum absolute atomic E-state index is 0.0181. The zero-order valence-corrected chi connectivity index (χ0v) is 18.8. The van der Waals surface area contributed by atoms with Crippen LogP contribution in [-0.4, -0.2) is 36.0 Å². The Labute approximate surface area is 196 Å². The van der Waals surface area contributed by atoms with Crippen LogP contribution < -0.4 is 4.90 Å². The van der Waals surface area contributed by atoms with Gasteiger partial charge in [-0.25, -0.2) is 0 Å². The van der Waals surface area contributed by atoms with Crippen LogP contribution in [0.5, 0.6) is 0 Å². The van der Waals surface area contributed by atoms with Gasteiger partial charge in [-0.1, -0.05) is 78.9 Å². The van der Waals surface area contributed by atoms with Gasteiger partial charge in [0.1, 0.15) is 6.04 Å². The minimum atomic E-state index is -0.409.